The average Bonchev–Trinajstić information content (AvgIpc) is 2.90. The first-order valence-electron chi connectivity index (χ1n) is 11.4. The predicted molar refractivity (Wildman–Crippen MR) is 141 cm³/mol. The van der Waals surface area contributed by atoms with Gasteiger partial charge in [-0.15, -0.1) is 0 Å². The van der Waals surface area contributed by atoms with E-state index in [0.29, 0.717) is 11.4 Å². The molecule has 0 unspecified atom stereocenters. The van der Waals surface area contributed by atoms with Gasteiger partial charge >= 0.3 is 0 Å². The smallest absolute Gasteiger partial charge is 0.268 e. The molecule has 0 aliphatic rings. The Bertz CT molecular complexity index is 1480. The number of nitrogens with zero attached hydrogens (tertiary/aromatic N) is 1. The molecule has 0 aromatic heterocycles. The third kappa shape index (κ3) is 5.28. The summed E-state index contributed by atoms with van der Waals surface area (Å²) >= 11 is 0. The lowest BCUT2D eigenvalue weighted by atomic mass is 10.0. The molecular weight excluding hydrogens is 476 g/mol. The lowest BCUT2D eigenvalue weighted by Gasteiger charge is -2.25. The van der Waals surface area contributed by atoms with Gasteiger partial charge in [0.15, 0.2) is 0 Å². The predicted octanol–water partition coefficient (Wildman–Crippen LogP) is 4.68. The largest absolute Gasteiger partial charge is 0.497 e. The Hall–Kier alpha value is -4.04. The molecule has 0 heterocycles. The fourth-order valence-electron chi connectivity index (χ4n) is 3.99. The van der Waals surface area contributed by atoms with E-state index in [9.17, 15) is 13.2 Å². The van der Waals surface area contributed by atoms with E-state index in [1.54, 1.807) is 49.4 Å². The highest BCUT2D eigenvalue weighted by Crippen LogP contribution is 2.31. The molecular formula is C28H28N2O5S. The van der Waals surface area contributed by atoms with Gasteiger partial charge in [-0.25, -0.2) is 8.42 Å². The van der Waals surface area contributed by atoms with Crippen LogP contribution in [0.1, 0.15) is 11.1 Å². The molecule has 0 saturated heterocycles. The van der Waals surface area contributed by atoms with Crippen LogP contribution in [0.2, 0.25) is 0 Å². The second kappa shape index (κ2) is 10.7. The zero-order chi connectivity index (χ0) is 25.7. The first-order valence-corrected chi connectivity index (χ1v) is 12.8. The maximum absolute atomic E-state index is 13.8. The minimum Gasteiger partial charge on any atom is -0.497 e. The van der Waals surface area contributed by atoms with Gasteiger partial charge in [0.2, 0.25) is 5.91 Å². The number of ether oxygens (including phenoxy) is 2. The maximum Gasteiger partial charge on any atom is 0.268 e. The summed E-state index contributed by atoms with van der Waals surface area (Å²) in [7, 11) is -1.20. The molecule has 186 valence electrons. The molecule has 1 amide bonds. The van der Waals surface area contributed by atoms with Gasteiger partial charge in [0.05, 0.1) is 19.9 Å². The van der Waals surface area contributed by atoms with Gasteiger partial charge < -0.3 is 14.8 Å². The second-order valence-corrected chi connectivity index (χ2v) is 10.1. The van der Waals surface area contributed by atoms with Gasteiger partial charge in [0.25, 0.3) is 10.0 Å². The number of nitrogens with one attached hydrogen (secondary N) is 1. The summed E-state index contributed by atoms with van der Waals surface area (Å²) in [6.45, 7) is 1.66. The van der Waals surface area contributed by atoms with Crippen molar-refractivity contribution in [2.45, 2.75) is 18.4 Å². The second-order valence-electron chi connectivity index (χ2n) is 8.28. The summed E-state index contributed by atoms with van der Waals surface area (Å²) in [4.78, 5) is 13.1. The fourth-order valence-corrected chi connectivity index (χ4v) is 5.66. The van der Waals surface area contributed by atoms with Crippen molar-refractivity contribution in [1.82, 2.24) is 5.32 Å². The highest BCUT2D eigenvalue weighted by atomic mass is 32.2. The highest BCUT2D eigenvalue weighted by molar-refractivity contribution is 7.93. The third-order valence-corrected chi connectivity index (χ3v) is 7.69. The van der Waals surface area contributed by atoms with Crippen molar-refractivity contribution >= 4 is 32.4 Å². The summed E-state index contributed by atoms with van der Waals surface area (Å²) in [5.74, 6) is 0.342. The number of hydrogen-bond donors (Lipinski definition) is 1. The standard InChI is InChI=1S/C28H28N2O5S/c1-20-11-16-26(35-3)27(17-20)36(32,33)30(23-12-14-24(34-2)15-13-23)19-28(31)29-18-22-9-6-8-21-7-4-5-10-25(21)22/h4-17H,18-19H2,1-3H3,(H,29,31). The number of carbonyl (C=O) groups is 1. The van der Waals surface area contributed by atoms with E-state index in [2.05, 4.69) is 5.32 Å². The van der Waals surface area contributed by atoms with Crippen LogP contribution in [0, 0.1) is 6.92 Å². The molecule has 0 fully saturated rings. The van der Waals surface area contributed by atoms with E-state index in [-0.39, 0.29) is 17.2 Å². The summed E-state index contributed by atoms with van der Waals surface area (Å²) in [6, 6.07) is 25.2. The van der Waals surface area contributed by atoms with Gasteiger partial charge in [-0.2, -0.15) is 0 Å². The monoisotopic (exact) mass is 504 g/mol. The number of benzene rings is 4. The molecule has 0 bridgehead atoms. The minimum atomic E-state index is -4.14. The number of sulfonamides is 1. The van der Waals surface area contributed by atoms with Crippen LogP contribution in [0.4, 0.5) is 5.69 Å². The van der Waals surface area contributed by atoms with E-state index < -0.39 is 22.5 Å². The van der Waals surface area contributed by atoms with Crippen LogP contribution in [0.5, 0.6) is 11.5 Å². The Kier molecular flexibility index (Phi) is 7.45. The van der Waals surface area contributed by atoms with Crippen LogP contribution in [-0.2, 0) is 21.4 Å². The molecule has 0 radical (unpaired) electrons. The number of hydrogen-bond acceptors (Lipinski definition) is 5. The number of aryl methyl sites for hydroxylation is 1. The van der Waals surface area contributed by atoms with Gasteiger partial charge in [-0.1, -0.05) is 48.5 Å². The molecule has 1 N–H and O–H groups in total. The summed E-state index contributed by atoms with van der Waals surface area (Å²) in [5, 5.41) is 4.98. The van der Waals surface area contributed by atoms with Crippen LogP contribution in [-0.4, -0.2) is 35.1 Å². The molecule has 7 nitrogen and oxygen atoms in total. The van der Waals surface area contributed by atoms with E-state index in [1.807, 2.05) is 42.5 Å². The number of fused-ring (bicyclic) bond motifs is 1. The Morgan fingerprint density at radius 1 is 0.889 bits per heavy atom. The van der Waals surface area contributed by atoms with E-state index in [4.69, 9.17) is 9.47 Å². The van der Waals surface area contributed by atoms with E-state index in [1.165, 1.54) is 14.2 Å². The van der Waals surface area contributed by atoms with Crippen LogP contribution in [0.25, 0.3) is 10.8 Å². The Balaban J connectivity index is 1.65. The number of carbonyl (C=O) groups excluding carboxylic acids is 1. The molecule has 0 atom stereocenters. The van der Waals surface area contributed by atoms with Crippen molar-refractivity contribution in [3.05, 3.63) is 96.1 Å². The van der Waals surface area contributed by atoms with E-state index in [0.717, 1.165) is 26.2 Å². The lowest BCUT2D eigenvalue weighted by molar-refractivity contribution is -0.119. The average molecular weight is 505 g/mol. The highest BCUT2D eigenvalue weighted by Gasteiger charge is 2.30. The Morgan fingerprint density at radius 2 is 1.61 bits per heavy atom. The van der Waals surface area contributed by atoms with Crippen LogP contribution in [0.15, 0.2) is 89.8 Å². The number of amides is 1. The molecule has 8 heteroatoms. The zero-order valence-corrected chi connectivity index (χ0v) is 21.2. The summed E-state index contributed by atoms with van der Waals surface area (Å²) < 4.78 is 39.3. The quantitative estimate of drug-likeness (QED) is 0.358. The fraction of sp³-hybridized carbons (Fsp3) is 0.179. The van der Waals surface area contributed by atoms with Crippen LogP contribution < -0.4 is 19.1 Å². The number of anilines is 1. The first-order chi connectivity index (χ1) is 17.3. The molecule has 0 spiro atoms. The molecule has 0 aliphatic carbocycles. The minimum absolute atomic E-state index is 0.0114. The van der Waals surface area contributed by atoms with Crippen molar-refractivity contribution < 1.29 is 22.7 Å². The first kappa shape index (κ1) is 25.1. The van der Waals surface area contributed by atoms with Crippen molar-refractivity contribution in [2.24, 2.45) is 0 Å². The Morgan fingerprint density at radius 3 is 2.33 bits per heavy atom. The van der Waals surface area contributed by atoms with Crippen molar-refractivity contribution in [3.8, 4) is 11.5 Å². The number of methoxy groups -OCH3 is 2. The zero-order valence-electron chi connectivity index (χ0n) is 20.4. The summed E-state index contributed by atoms with van der Waals surface area (Å²) in [5.41, 5.74) is 2.03. The molecule has 4 aromatic carbocycles. The Labute approximate surface area is 211 Å². The van der Waals surface area contributed by atoms with Gasteiger partial charge in [-0.3, -0.25) is 9.10 Å². The molecule has 36 heavy (non-hydrogen) atoms. The molecule has 0 aliphatic heterocycles. The number of rotatable bonds is 9. The molecule has 4 rings (SSSR count). The lowest BCUT2D eigenvalue weighted by Crippen LogP contribution is -2.40. The van der Waals surface area contributed by atoms with E-state index >= 15 is 0 Å². The van der Waals surface area contributed by atoms with Crippen molar-refractivity contribution in [3.63, 3.8) is 0 Å². The SMILES string of the molecule is COc1ccc(N(CC(=O)NCc2cccc3ccccc23)S(=O)(=O)c2cc(C)ccc2OC)cc1. The molecule has 0 saturated carbocycles. The summed E-state index contributed by atoms with van der Waals surface area (Å²) in [6.07, 6.45) is 0. The maximum atomic E-state index is 13.8. The molecule has 4 aromatic rings. The van der Waals surface area contributed by atoms with Gasteiger partial charge in [-0.05, 0) is 65.2 Å². The van der Waals surface area contributed by atoms with Crippen LogP contribution >= 0.6 is 0 Å². The van der Waals surface area contributed by atoms with Crippen molar-refractivity contribution in [1.29, 1.82) is 0 Å². The normalized spacial score (nSPS) is 11.2. The van der Waals surface area contributed by atoms with Crippen molar-refractivity contribution in [2.75, 3.05) is 25.1 Å². The topological polar surface area (TPSA) is 84.9 Å². The van der Waals surface area contributed by atoms with Gasteiger partial charge in [0, 0.05) is 6.54 Å². The van der Waals surface area contributed by atoms with Crippen LogP contribution in [0.3, 0.4) is 0 Å². The third-order valence-electron chi connectivity index (χ3n) is 5.89. The van der Waals surface area contributed by atoms with Gasteiger partial charge in [0.1, 0.15) is 22.9 Å².